The van der Waals surface area contributed by atoms with Crippen LogP contribution in [0.5, 0.6) is 0 Å². The molecule has 1 aliphatic rings. The zero-order valence-corrected chi connectivity index (χ0v) is 12.9. The van der Waals surface area contributed by atoms with Gasteiger partial charge in [0.1, 0.15) is 5.00 Å². The van der Waals surface area contributed by atoms with E-state index in [1.54, 1.807) is 5.38 Å². The van der Waals surface area contributed by atoms with Crippen molar-refractivity contribution in [2.45, 2.75) is 31.7 Å². The first-order chi connectivity index (χ1) is 10.1. The smallest absolute Gasteiger partial charge is 0.338 e. The molecule has 0 saturated heterocycles. The van der Waals surface area contributed by atoms with Crippen molar-refractivity contribution in [3.63, 3.8) is 0 Å². The highest BCUT2D eigenvalue weighted by Crippen LogP contribution is 2.23. The van der Waals surface area contributed by atoms with Gasteiger partial charge in [-0.1, -0.05) is 12.8 Å². The van der Waals surface area contributed by atoms with E-state index < -0.39 is 5.97 Å². The van der Waals surface area contributed by atoms with E-state index in [2.05, 4.69) is 22.6 Å². The summed E-state index contributed by atoms with van der Waals surface area (Å²) in [4.78, 5) is 25.0. The van der Waals surface area contributed by atoms with Gasteiger partial charge in [0.15, 0.2) is 0 Å². The number of hydrogen-bond acceptors (Lipinski definition) is 4. The molecule has 1 heterocycles. The predicted octanol–water partition coefficient (Wildman–Crippen LogP) is 2.44. The predicted molar refractivity (Wildman–Crippen MR) is 83.2 cm³/mol. The number of likely N-dealkylation sites (N-methyl/N-ethyl adjacent to an activating group) is 1. The maximum Gasteiger partial charge on any atom is 0.338 e. The molecule has 1 saturated carbocycles. The van der Waals surface area contributed by atoms with Gasteiger partial charge in [-0.05, 0) is 31.3 Å². The molecule has 116 valence electrons. The van der Waals surface area contributed by atoms with E-state index in [-0.39, 0.29) is 11.6 Å². The first kappa shape index (κ1) is 15.8. The van der Waals surface area contributed by atoms with E-state index in [0.29, 0.717) is 17.6 Å². The average molecular weight is 311 g/mol. The Morgan fingerprint density at radius 1 is 1.43 bits per heavy atom. The normalized spacial score (nSPS) is 15.3. The third kappa shape index (κ3) is 4.44. The zero-order valence-electron chi connectivity index (χ0n) is 12.1. The molecule has 21 heavy (non-hydrogen) atoms. The first-order valence-corrected chi connectivity index (χ1v) is 8.02. The standard InChI is InChI=1S/C14H21N3O3S/c1-17(10-4-2-3-5-10)8-7-15-14(20)16-12-11(13(18)19)6-9-21-12/h6,9-10H,2-5,7-8H2,1H3,(H,18,19)(H2,15,16,20). The maximum atomic E-state index is 11.8. The Morgan fingerprint density at radius 3 is 2.81 bits per heavy atom. The largest absolute Gasteiger partial charge is 0.478 e. The summed E-state index contributed by atoms with van der Waals surface area (Å²) in [6, 6.07) is 1.75. The van der Waals surface area contributed by atoms with E-state index in [1.165, 1.54) is 43.1 Å². The molecule has 2 amide bonds. The van der Waals surface area contributed by atoms with Gasteiger partial charge in [0.25, 0.3) is 0 Å². The van der Waals surface area contributed by atoms with Crippen LogP contribution < -0.4 is 10.6 Å². The quantitative estimate of drug-likeness (QED) is 0.753. The van der Waals surface area contributed by atoms with Crippen molar-refractivity contribution in [3.8, 4) is 0 Å². The molecular formula is C14H21N3O3S. The van der Waals surface area contributed by atoms with Crippen LogP contribution in [0.1, 0.15) is 36.0 Å². The molecule has 1 aliphatic carbocycles. The van der Waals surface area contributed by atoms with Gasteiger partial charge in [0.05, 0.1) is 5.56 Å². The number of carboxylic acid groups (broad SMARTS) is 1. The van der Waals surface area contributed by atoms with E-state index in [0.717, 1.165) is 6.54 Å². The molecule has 1 fully saturated rings. The summed E-state index contributed by atoms with van der Waals surface area (Å²) in [6.45, 7) is 1.35. The van der Waals surface area contributed by atoms with E-state index in [9.17, 15) is 9.59 Å². The molecule has 0 aliphatic heterocycles. The number of anilines is 1. The Bertz CT molecular complexity index is 497. The van der Waals surface area contributed by atoms with Crippen LogP contribution in [0, 0.1) is 0 Å². The number of carbonyl (C=O) groups is 2. The lowest BCUT2D eigenvalue weighted by Crippen LogP contribution is -2.38. The van der Waals surface area contributed by atoms with Crippen molar-refractivity contribution in [1.82, 2.24) is 10.2 Å². The minimum absolute atomic E-state index is 0.123. The lowest BCUT2D eigenvalue weighted by Gasteiger charge is -2.23. The lowest BCUT2D eigenvalue weighted by atomic mass is 10.2. The number of urea groups is 1. The lowest BCUT2D eigenvalue weighted by molar-refractivity contribution is 0.0698. The van der Waals surface area contributed by atoms with Gasteiger partial charge >= 0.3 is 12.0 Å². The number of nitrogens with zero attached hydrogens (tertiary/aromatic N) is 1. The molecule has 2 rings (SSSR count). The molecule has 0 aromatic carbocycles. The fraction of sp³-hybridized carbons (Fsp3) is 0.571. The summed E-state index contributed by atoms with van der Waals surface area (Å²) >= 11 is 1.20. The topological polar surface area (TPSA) is 81.7 Å². The monoisotopic (exact) mass is 311 g/mol. The van der Waals surface area contributed by atoms with Gasteiger partial charge in [-0.3, -0.25) is 5.32 Å². The molecule has 1 aromatic heterocycles. The number of carboxylic acids is 1. The molecule has 3 N–H and O–H groups in total. The number of thiophene rings is 1. The molecule has 0 atom stereocenters. The number of carbonyl (C=O) groups excluding carboxylic acids is 1. The van der Waals surface area contributed by atoms with E-state index >= 15 is 0 Å². The second-order valence-corrected chi connectivity index (χ2v) is 6.18. The van der Waals surface area contributed by atoms with Crippen LogP contribution in [0.15, 0.2) is 11.4 Å². The van der Waals surface area contributed by atoms with Crippen LogP contribution >= 0.6 is 11.3 Å². The van der Waals surface area contributed by atoms with Crippen LogP contribution in [-0.4, -0.2) is 48.2 Å². The second-order valence-electron chi connectivity index (χ2n) is 5.27. The van der Waals surface area contributed by atoms with Gasteiger partial charge in [0, 0.05) is 19.1 Å². The number of hydrogen-bond donors (Lipinski definition) is 3. The van der Waals surface area contributed by atoms with Crippen molar-refractivity contribution in [2.75, 3.05) is 25.5 Å². The van der Waals surface area contributed by atoms with Crippen LogP contribution in [0.25, 0.3) is 0 Å². The number of rotatable bonds is 6. The zero-order chi connectivity index (χ0) is 15.2. The molecule has 0 unspecified atom stereocenters. The van der Waals surface area contributed by atoms with Gasteiger partial charge in [-0.2, -0.15) is 0 Å². The van der Waals surface area contributed by atoms with Gasteiger partial charge in [0.2, 0.25) is 0 Å². The maximum absolute atomic E-state index is 11.8. The molecule has 0 radical (unpaired) electrons. The highest BCUT2D eigenvalue weighted by molar-refractivity contribution is 7.14. The fourth-order valence-electron chi connectivity index (χ4n) is 2.60. The number of aromatic carboxylic acids is 1. The Labute approximate surface area is 128 Å². The summed E-state index contributed by atoms with van der Waals surface area (Å²) in [7, 11) is 2.08. The summed E-state index contributed by atoms with van der Waals surface area (Å²) in [5, 5.41) is 16.3. The summed E-state index contributed by atoms with van der Waals surface area (Å²) in [5.74, 6) is -1.03. The van der Waals surface area contributed by atoms with Crippen molar-refractivity contribution < 1.29 is 14.7 Å². The van der Waals surface area contributed by atoms with Crippen molar-refractivity contribution in [2.24, 2.45) is 0 Å². The van der Waals surface area contributed by atoms with Crippen LogP contribution in [0.2, 0.25) is 0 Å². The minimum atomic E-state index is -1.03. The molecule has 1 aromatic rings. The second kappa shape index (κ2) is 7.42. The van der Waals surface area contributed by atoms with Crippen LogP contribution in [-0.2, 0) is 0 Å². The Kier molecular flexibility index (Phi) is 5.58. The third-order valence-electron chi connectivity index (χ3n) is 3.82. The van der Waals surface area contributed by atoms with Crippen LogP contribution in [0.4, 0.5) is 9.80 Å². The minimum Gasteiger partial charge on any atom is -0.478 e. The van der Waals surface area contributed by atoms with Gasteiger partial charge < -0.3 is 15.3 Å². The van der Waals surface area contributed by atoms with Crippen molar-refractivity contribution >= 4 is 28.3 Å². The number of amides is 2. The molecule has 6 nitrogen and oxygen atoms in total. The van der Waals surface area contributed by atoms with Gasteiger partial charge in [-0.25, -0.2) is 9.59 Å². The number of nitrogens with one attached hydrogen (secondary N) is 2. The van der Waals surface area contributed by atoms with Crippen LogP contribution in [0.3, 0.4) is 0 Å². The highest BCUT2D eigenvalue weighted by atomic mass is 32.1. The summed E-state index contributed by atoms with van der Waals surface area (Å²) in [6.07, 6.45) is 5.05. The Balaban J connectivity index is 1.72. The van der Waals surface area contributed by atoms with Gasteiger partial charge in [-0.15, -0.1) is 11.3 Å². The van der Waals surface area contributed by atoms with E-state index in [1.807, 2.05) is 0 Å². The summed E-state index contributed by atoms with van der Waals surface area (Å²) in [5.41, 5.74) is 0.123. The molecule has 0 spiro atoms. The SMILES string of the molecule is CN(CCNC(=O)Nc1sccc1C(=O)O)C1CCCC1. The van der Waals surface area contributed by atoms with Crippen molar-refractivity contribution in [1.29, 1.82) is 0 Å². The third-order valence-corrected chi connectivity index (χ3v) is 4.65. The first-order valence-electron chi connectivity index (χ1n) is 7.14. The molecule has 0 bridgehead atoms. The van der Waals surface area contributed by atoms with Crippen molar-refractivity contribution in [3.05, 3.63) is 17.0 Å². The highest BCUT2D eigenvalue weighted by Gasteiger charge is 2.19. The molecular weight excluding hydrogens is 290 g/mol. The Morgan fingerprint density at radius 2 is 2.14 bits per heavy atom. The average Bonchev–Trinajstić information content (AvgIpc) is 3.09. The summed E-state index contributed by atoms with van der Waals surface area (Å²) < 4.78 is 0. The fourth-order valence-corrected chi connectivity index (χ4v) is 3.37. The molecule has 7 heteroatoms. The van der Waals surface area contributed by atoms with E-state index in [4.69, 9.17) is 5.11 Å². The Hall–Kier alpha value is -1.60.